The fraction of sp³-hybridized carbons (Fsp3) is 0.167. The van der Waals surface area contributed by atoms with Gasteiger partial charge >= 0.3 is 6.03 Å². The number of imide groups is 1. The summed E-state index contributed by atoms with van der Waals surface area (Å²) in [6.45, 7) is 3.28. The minimum absolute atomic E-state index is 0.208. The minimum atomic E-state index is -0.830. The van der Waals surface area contributed by atoms with Gasteiger partial charge in [-0.3, -0.25) is 10.1 Å². The summed E-state index contributed by atoms with van der Waals surface area (Å²) in [6.07, 6.45) is 0. The molecule has 104 valence electrons. The Labute approximate surface area is 113 Å². The molecule has 2 aromatic rings. The standard InChI is InChI=1S/C12H12FN5O2/c1-7-15-16-8(2)18(7)17-12(20)14-11(19)9-5-3-4-6-10(9)13/h3-6H,1-2H3,(H2,14,17,19,20). The van der Waals surface area contributed by atoms with Crippen molar-refractivity contribution >= 4 is 11.9 Å². The average molecular weight is 277 g/mol. The van der Waals surface area contributed by atoms with Crippen molar-refractivity contribution in [1.82, 2.24) is 20.2 Å². The predicted octanol–water partition coefficient (Wildman–Crippen LogP) is 1.13. The van der Waals surface area contributed by atoms with E-state index in [2.05, 4.69) is 15.6 Å². The zero-order chi connectivity index (χ0) is 14.7. The lowest BCUT2D eigenvalue weighted by atomic mass is 10.2. The summed E-state index contributed by atoms with van der Waals surface area (Å²) in [7, 11) is 0. The van der Waals surface area contributed by atoms with Crippen LogP contribution in [0.3, 0.4) is 0 Å². The lowest BCUT2D eigenvalue weighted by molar-refractivity contribution is 0.0962. The van der Waals surface area contributed by atoms with E-state index in [9.17, 15) is 14.0 Å². The summed E-state index contributed by atoms with van der Waals surface area (Å²) in [5.74, 6) is -0.620. The van der Waals surface area contributed by atoms with Crippen LogP contribution >= 0.6 is 0 Å². The summed E-state index contributed by atoms with van der Waals surface area (Å²) in [5.41, 5.74) is 2.17. The van der Waals surface area contributed by atoms with Gasteiger partial charge < -0.3 is 0 Å². The van der Waals surface area contributed by atoms with Gasteiger partial charge in [0.2, 0.25) is 0 Å². The Morgan fingerprint density at radius 3 is 2.35 bits per heavy atom. The zero-order valence-corrected chi connectivity index (χ0v) is 10.8. The van der Waals surface area contributed by atoms with Gasteiger partial charge in [0, 0.05) is 0 Å². The largest absolute Gasteiger partial charge is 0.340 e. The highest BCUT2D eigenvalue weighted by Gasteiger charge is 2.15. The van der Waals surface area contributed by atoms with Gasteiger partial charge in [-0.15, -0.1) is 10.2 Å². The van der Waals surface area contributed by atoms with Gasteiger partial charge in [0.1, 0.15) is 17.5 Å². The second-order valence-electron chi connectivity index (χ2n) is 4.00. The number of aromatic nitrogens is 3. The lowest BCUT2D eigenvalue weighted by Gasteiger charge is -2.09. The molecule has 0 aliphatic carbocycles. The van der Waals surface area contributed by atoms with E-state index in [-0.39, 0.29) is 5.56 Å². The van der Waals surface area contributed by atoms with Gasteiger partial charge in [-0.1, -0.05) is 12.1 Å². The molecule has 1 aromatic carbocycles. The van der Waals surface area contributed by atoms with Crippen LogP contribution in [0.2, 0.25) is 0 Å². The van der Waals surface area contributed by atoms with Crippen LogP contribution < -0.4 is 10.7 Å². The van der Waals surface area contributed by atoms with Crippen molar-refractivity contribution in [3.63, 3.8) is 0 Å². The van der Waals surface area contributed by atoms with Crippen molar-refractivity contribution in [1.29, 1.82) is 0 Å². The maximum absolute atomic E-state index is 13.4. The molecule has 0 unspecified atom stereocenters. The van der Waals surface area contributed by atoms with E-state index in [1.165, 1.54) is 22.9 Å². The maximum Gasteiger partial charge on any atom is 0.340 e. The first-order valence-corrected chi connectivity index (χ1v) is 5.74. The van der Waals surface area contributed by atoms with E-state index < -0.39 is 17.8 Å². The molecule has 0 saturated carbocycles. The number of carbonyl (C=O) groups excluding carboxylic acids is 2. The molecule has 1 heterocycles. The second kappa shape index (κ2) is 5.47. The molecule has 0 atom stereocenters. The number of hydrogen-bond acceptors (Lipinski definition) is 4. The van der Waals surface area contributed by atoms with Crippen LogP contribution in [0, 0.1) is 19.7 Å². The fourth-order valence-electron chi connectivity index (χ4n) is 1.58. The Morgan fingerprint density at radius 2 is 1.75 bits per heavy atom. The minimum Gasteiger partial charge on any atom is -0.272 e. The molecule has 20 heavy (non-hydrogen) atoms. The summed E-state index contributed by atoms with van der Waals surface area (Å²) in [4.78, 5) is 23.4. The highest BCUT2D eigenvalue weighted by atomic mass is 19.1. The number of urea groups is 1. The number of nitrogens with zero attached hydrogens (tertiary/aromatic N) is 3. The number of amides is 3. The first-order valence-electron chi connectivity index (χ1n) is 5.74. The van der Waals surface area contributed by atoms with Crippen molar-refractivity contribution in [2.75, 3.05) is 5.43 Å². The maximum atomic E-state index is 13.4. The summed E-state index contributed by atoms with van der Waals surface area (Å²) >= 11 is 0. The third kappa shape index (κ3) is 2.79. The van der Waals surface area contributed by atoms with E-state index in [0.717, 1.165) is 6.07 Å². The van der Waals surface area contributed by atoms with Gasteiger partial charge in [0.15, 0.2) is 0 Å². The molecule has 3 amide bonds. The summed E-state index contributed by atoms with van der Waals surface area (Å²) in [6, 6.07) is 4.58. The van der Waals surface area contributed by atoms with Crippen LogP contribution in [0.15, 0.2) is 24.3 Å². The molecule has 0 fully saturated rings. The quantitative estimate of drug-likeness (QED) is 0.861. The number of aryl methyl sites for hydroxylation is 2. The third-order valence-corrected chi connectivity index (χ3v) is 2.55. The van der Waals surface area contributed by atoms with Crippen molar-refractivity contribution in [2.45, 2.75) is 13.8 Å². The van der Waals surface area contributed by atoms with Crippen molar-refractivity contribution in [2.24, 2.45) is 0 Å². The summed E-state index contributed by atoms with van der Waals surface area (Å²) < 4.78 is 14.7. The summed E-state index contributed by atoms with van der Waals surface area (Å²) in [5, 5.41) is 9.52. The normalized spacial score (nSPS) is 10.2. The first kappa shape index (κ1) is 13.7. The Hall–Kier alpha value is -2.77. The predicted molar refractivity (Wildman–Crippen MR) is 68.1 cm³/mol. The van der Waals surface area contributed by atoms with E-state index in [1.54, 1.807) is 13.8 Å². The lowest BCUT2D eigenvalue weighted by Crippen LogP contribution is -2.39. The number of nitrogens with one attached hydrogen (secondary N) is 2. The number of hydrogen-bond donors (Lipinski definition) is 2. The Kier molecular flexibility index (Phi) is 3.74. The highest BCUT2D eigenvalue weighted by molar-refractivity contribution is 6.06. The van der Waals surface area contributed by atoms with Crippen molar-refractivity contribution in [3.8, 4) is 0 Å². The van der Waals surface area contributed by atoms with E-state index in [4.69, 9.17) is 0 Å². The Balaban J connectivity index is 2.06. The molecule has 0 aliphatic heterocycles. The topological polar surface area (TPSA) is 88.9 Å². The first-order chi connectivity index (χ1) is 9.49. The molecule has 0 aliphatic rings. The zero-order valence-electron chi connectivity index (χ0n) is 10.8. The average Bonchev–Trinajstić information content (AvgIpc) is 2.71. The molecule has 0 saturated heterocycles. The van der Waals surface area contributed by atoms with E-state index >= 15 is 0 Å². The van der Waals surface area contributed by atoms with Crippen molar-refractivity contribution in [3.05, 3.63) is 47.3 Å². The molecule has 7 nitrogen and oxygen atoms in total. The van der Waals surface area contributed by atoms with Crippen LogP contribution in [0.25, 0.3) is 0 Å². The number of carbonyl (C=O) groups is 2. The molecule has 0 radical (unpaired) electrons. The highest BCUT2D eigenvalue weighted by Crippen LogP contribution is 2.05. The van der Waals surface area contributed by atoms with Crippen molar-refractivity contribution < 1.29 is 14.0 Å². The molecule has 0 bridgehead atoms. The number of rotatable bonds is 2. The second-order valence-corrected chi connectivity index (χ2v) is 4.00. The number of benzene rings is 1. The molecule has 8 heteroatoms. The molecular formula is C12H12FN5O2. The van der Waals surface area contributed by atoms with Crippen LogP contribution in [-0.2, 0) is 0 Å². The van der Waals surface area contributed by atoms with Crippen LogP contribution in [-0.4, -0.2) is 26.8 Å². The molecular weight excluding hydrogens is 265 g/mol. The van der Waals surface area contributed by atoms with E-state index in [0.29, 0.717) is 11.6 Å². The van der Waals surface area contributed by atoms with Crippen LogP contribution in [0.4, 0.5) is 9.18 Å². The fourth-order valence-corrected chi connectivity index (χ4v) is 1.58. The monoisotopic (exact) mass is 277 g/mol. The van der Waals surface area contributed by atoms with Gasteiger partial charge in [0.05, 0.1) is 5.56 Å². The van der Waals surface area contributed by atoms with Gasteiger partial charge in [-0.2, -0.15) is 0 Å². The molecule has 2 rings (SSSR count). The molecule has 2 N–H and O–H groups in total. The van der Waals surface area contributed by atoms with Crippen LogP contribution in [0.1, 0.15) is 22.0 Å². The Bertz CT molecular complexity index is 648. The molecule has 0 spiro atoms. The Morgan fingerprint density at radius 1 is 1.15 bits per heavy atom. The molecule has 1 aromatic heterocycles. The van der Waals surface area contributed by atoms with Gasteiger partial charge in [-0.05, 0) is 26.0 Å². The third-order valence-electron chi connectivity index (χ3n) is 2.55. The number of halogens is 1. The van der Waals surface area contributed by atoms with Gasteiger partial charge in [-0.25, -0.2) is 19.3 Å². The SMILES string of the molecule is Cc1nnc(C)n1NC(=O)NC(=O)c1ccccc1F. The smallest absolute Gasteiger partial charge is 0.272 e. The van der Waals surface area contributed by atoms with E-state index in [1.807, 2.05) is 5.32 Å². The van der Waals surface area contributed by atoms with Gasteiger partial charge in [0.25, 0.3) is 5.91 Å². The van der Waals surface area contributed by atoms with Crippen LogP contribution in [0.5, 0.6) is 0 Å².